The zero-order valence-corrected chi connectivity index (χ0v) is 16.9. The van der Waals surface area contributed by atoms with E-state index in [1.807, 2.05) is 31.2 Å². The maximum atomic E-state index is 12.6. The fourth-order valence-corrected chi connectivity index (χ4v) is 5.33. The van der Waals surface area contributed by atoms with Gasteiger partial charge in [0.05, 0.1) is 13.2 Å². The number of carbonyl (C=O) groups excluding carboxylic acids is 2. The van der Waals surface area contributed by atoms with Gasteiger partial charge in [-0.25, -0.2) is 8.42 Å². The zero-order valence-electron chi connectivity index (χ0n) is 15.3. The van der Waals surface area contributed by atoms with E-state index in [0.29, 0.717) is 0 Å². The first kappa shape index (κ1) is 20.5. The Bertz CT molecular complexity index is 927. The van der Waals surface area contributed by atoms with Gasteiger partial charge in [-0.1, -0.05) is 35.9 Å². The second-order valence-corrected chi connectivity index (χ2v) is 9.32. The number of aryl methyl sites for hydroxylation is 1. The maximum Gasteiger partial charge on any atom is 0.309 e. The van der Waals surface area contributed by atoms with Gasteiger partial charge in [-0.3, -0.25) is 9.59 Å². The van der Waals surface area contributed by atoms with Crippen molar-refractivity contribution in [2.75, 3.05) is 19.7 Å². The van der Waals surface area contributed by atoms with Crippen LogP contribution in [0.5, 0.6) is 0 Å². The normalized spacial score (nSPS) is 17.4. The molecule has 1 aromatic carbocycles. The van der Waals surface area contributed by atoms with E-state index in [1.54, 1.807) is 11.4 Å². The fourth-order valence-electron chi connectivity index (χ4n) is 2.70. The fraction of sp³-hybridized carbons (Fsp3) is 0.333. The van der Waals surface area contributed by atoms with E-state index < -0.39 is 28.1 Å². The molecule has 8 nitrogen and oxygen atoms in total. The Morgan fingerprint density at radius 2 is 1.89 bits per heavy atom. The molecule has 2 aromatic rings. The lowest BCUT2D eigenvalue weighted by molar-refractivity contribution is -0.139. The Balaban J connectivity index is 1.51. The molecule has 0 radical (unpaired) electrons. The van der Waals surface area contributed by atoms with Crippen molar-refractivity contribution in [1.82, 2.24) is 14.9 Å². The van der Waals surface area contributed by atoms with E-state index in [4.69, 9.17) is 4.74 Å². The van der Waals surface area contributed by atoms with Gasteiger partial charge in [0.2, 0.25) is 0 Å². The van der Waals surface area contributed by atoms with Crippen molar-refractivity contribution in [2.24, 2.45) is 0 Å². The van der Waals surface area contributed by atoms with Crippen molar-refractivity contribution in [3.8, 4) is 0 Å². The smallest absolute Gasteiger partial charge is 0.309 e. The second-order valence-electron chi connectivity index (χ2n) is 6.25. The highest BCUT2D eigenvalue weighted by molar-refractivity contribution is 7.91. The number of hydrogen-bond donors (Lipinski definition) is 2. The van der Waals surface area contributed by atoms with Crippen molar-refractivity contribution < 1.29 is 22.7 Å². The molecule has 150 valence electrons. The van der Waals surface area contributed by atoms with Crippen LogP contribution in [-0.4, -0.2) is 50.5 Å². The molecule has 2 heterocycles. The molecule has 1 aromatic heterocycles. The first-order valence-corrected chi connectivity index (χ1v) is 11.0. The molecule has 1 saturated heterocycles. The Labute approximate surface area is 167 Å². The molecule has 2 amide bonds. The molecule has 1 aliphatic rings. The van der Waals surface area contributed by atoms with E-state index in [9.17, 15) is 18.0 Å². The van der Waals surface area contributed by atoms with E-state index in [1.165, 1.54) is 10.4 Å². The van der Waals surface area contributed by atoms with E-state index >= 15 is 0 Å². The number of nitrogens with zero attached hydrogens (tertiary/aromatic N) is 1. The van der Waals surface area contributed by atoms with Crippen LogP contribution in [0.3, 0.4) is 0 Å². The molecular formula is C18H21N3O5S2. The van der Waals surface area contributed by atoms with Gasteiger partial charge in [0.25, 0.3) is 10.0 Å². The number of amides is 2. The van der Waals surface area contributed by atoms with Gasteiger partial charge in [0.15, 0.2) is 0 Å². The first-order chi connectivity index (χ1) is 13.4. The average Bonchev–Trinajstić information content (AvgIpc) is 3.37. The minimum absolute atomic E-state index is 0.110. The van der Waals surface area contributed by atoms with Crippen LogP contribution in [0.4, 0.5) is 0 Å². The highest BCUT2D eigenvalue weighted by Crippen LogP contribution is 2.25. The molecule has 28 heavy (non-hydrogen) atoms. The van der Waals surface area contributed by atoms with Crippen molar-refractivity contribution in [3.05, 3.63) is 52.9 Å². The number of carbonyl (C=O) groups is 2. The highest BCUT2D eigenvalue weighted by atomic mass is 32.2. The molecule has 3 rings (SSSR count). The molecule has 0 aliphatic carbocycles. The van der Waals surface area contributed by atoms with Gasteiger partial charge in [0, 0.05) is 13.1 Å². The quantitative estimate of drug-likeness (QED) is 0.670. The summed E-state index contributed by atoms with van der Waals surface area (Å²) < 4.78 is 32.1. The van der Waals surface area contributed by atoms with Crippen molar-refractivity contribution >= 4 is 33.2 Å². The first-order valence-electron chi connectivity index (χ1n) is 8.66. The number of sulfonamides is 1. The number of thiophene rings is 1. The Kier molecular flexibility index (Phi) is 6.45. The molecular weight excluding hydrogens is 402 g/mol. The van der Waals surface area contributed by atoms with Gasteiger partial charge >= 0.3 is 11.8 Å². The molecule has 1 aliphatic heterocycles. The Morgan fingerprint density at radius 1 is 1.18 bits per heavy atom. The minimum atomic E-state index is -3.69. The number of nitrogens with one attached hydrogen (secondary N) is 2. The van der Waals surface area contributed by atoms with Crippen LogP contribution in [0, 0.1) is 6.92 Å². The van der Waals surface area contributed by atoms with Crippen LogP contribution in [0.25, 0.3) is 0 Å². The molecule has 0 bridgehead atoms. The lowest BCUT2D eigenvalue weighted by atomic mass is 10.1. The maximum absolute atomic E-state index is 12.6. The SMILES string of the molecule is Cc1ccc(CNC(=O)C(=O)NC[C@H]2OCCN2S(=O)(=O)c2cccs2)cc1. The summed E-state index contributed by atoms with van der Waals surface area (Å²) in [6, 6.07) is 10.7. The largest absolute Gasteiger partial charge is 0.359 e. The summed E-state index contributed by atoms with van der Waals surface area (Å²) in [7, 11) is -3.69. The van der Waals surface area contributed by atoms with Gasteiger partial charge in [-0.05, 0) is 23.9 Å². The predicted octanol–water partition coefficient (Wildman–Crippen LogP) is 0.836. The van der Waals surface area contributed by atoms with E-state index in [-0.39, 0.29) is 30.5 Å². The second kappa shape index (κ2) is 8.82. The predicted molar refractivity (Wildman–Crippen MR) is 104 cm³/mol. The van der Waals surface area contributed by atoms with Crippen molar-refractivity contribution in [3.63, 3.8) is 0 Å². The van der Waals surface area contributed by atoms with Gasteiger partial charge in [-0.2, -0.15) is 4.31 Å². The number of ether oxygens (including phenoxy) is 1. The van der Waals surface area contributed by atoms with Gasteiger partial charge < -0.3 is 15.4 Å². The summed E-state index contributed by atoms with van der Waals surface area (Å²) in [4.78, 5) is 24.0. The monoisotopic (exact) mass is 423 g/mol. The highest BCUT2D eigenvalue weighted by Gasteiger charge is 2.37. The van der Waals surface area contributed by atoms with Crippen LogP contribution < -0.4 is 10.6 Å². The lowest BCUT2D eigenvalue weighted by Crippen LogP contribution is -2.47. The third-order valence-corrected chi connectivity index (χ3v) is 7.48. The number of rotatable bonds is 6. The molecule has 10 heteroatoms. The topological polar surface area (TPSA) is 105 Å². The summed E-state index contributed by atoms with van der Waals surface area (Å²) in [5.41, 5.74) is 1.98. The Morgan fingerprint density at radius 3 is 2.57 bits per heavy atom. The molecule has 1 fully saturated rings. The van der Waals surface area contributed by atoms with E-state index in [2.05, 4.69) is 10.6 Å². The van der Waals surface area contributed by atoms with Crippen molar-refractivity contribution in [2.45, 2.75) is 23.9 Å². The summed E-state index contributed by atoms with van der Waals surface area (Å²) in [5, 5.41) is 6.65. The van der Waals surface area contributed by atoms with Crippen LogP contribution in [0.1, 0.15) is 11.1 Å². The van der Waals surface area contributed by atoms with Gasteiger partial charge in [0.1, 0.15) is 10.4 Å². The average molecular weight is 424 g/mol. The number of benzene rings is 1. The van der Waals surface area contributed by atoms with Crippen LogP contribution in [0.15, 0.2) is 46.0 Å². The third-order valence-electron chi connectivity index (χ3n) is 4.22. The summed E-state index contributed by atoms with van der Waals surface area (Å²) in [5.74, 6) is -1.62. The molecule has 1 atom stereocenters. The third kappa shape index (κ3) is 4.76. The van der Waals surface area contributed by atoms with Crippen LogP contribution in [0.2, 0.25) is 0 Å². The van der Waals surface area contributed by atoms with Crippen molar-refractivity contribution in [1.29, 1.82) is 0 Å². The minimum Gasteiger partial charge on any atom is -0.359 e. The summed E-state index contributed by atoms with van der Waals surface area (Å²) >= 11 is 1.12. The summed E-state index contributed by atoms with van der Waals surface area (Å²) in [6.45, 7) is 2.50. The van der Waals surface area contributed by atoms with E-state index in [0.717, 1.165) is 22.5 Å². The zero-order chi connectivity index (χ0) is 20.1. The Hall–Kier alpha value is -2.27. The van der Waals surface area contributed by atoms with Crippen LogP contribution in [-0.2, 0) is 30.9 Å². The van der Waals surface area contributed by atoms with Gasteiger partial charge in [-0.15, -0.1) is 11.3 Å². The molecule has 0 saturated carbocycles. The number of hydrogen-bond acceptors (Lipinski definition) is 6. The molecule has 0 spiro atoms. The summed E-state index contributed by atoms with van der Waals surface area (Å²) in [6.07, 6.45) is -0.846. The lowest BCUT2D eigenvalue weighted by Gasteiger charge is -2.22. The molecule has 2 N–H and O–H groups in total. The molecule has 0 unspecified atom stereocenters. The van der Waals surface area contributed by atoms with Crippen LogP contribution >= 0.6 is 11.3 Å². The standard InChI is InChI=1S/C18H21N3O5S2/c1-13-4-6-14(7-5-13)11-19-17(22)18(23)20-12-15-21(8-9-26-15)28(24,25)16-3-2-10-27-16/h2-7,10,15H,8-9,11-12H2,1H3,(H,19,22)(H,20,23)/t15-/m1/s1.